The Labute approximate surface area is 57.6 Å². The summed E-state index contributed by atoms with van der Waals surface area (Å²) < 4.78 is 1.11. The van der Waals surface area contributed by atoms with Crippen LogP contribution in [0.5, 0.6) is 0 Å². The zero-order valence-electron chi connectivity index (χ0n) is 6.48. The summed E-state index contributed by atoms with van der Waals surface area (Å²) in [5, 5.41) is 0. The van der Waals surface area contributed by atoms with Crippen molar-refractivity contribution in [3.63, 3.8) is 0 Å². The van der Waals surface area contributed by atoms with Crippen molar-refractivity contribution in [3.8, 4) is 0 Å². The van der Waals surface area contributed by atoms with E-state index in [9.17, 15) is 0 Å². The van der Waals surface area contributed by atoms with Gasteiger partial charge in [0.05, 0.1) is 25.8 Å². The minimum Gasteiger partial charge on any atom is -0.298 e. The molecule has 1 nitrogen and oxygen atoms in total. The van der Waals surface area contributed by atoms with Crippen LogP contribution >= 0.6 is 0 Å². The quantitative estimate of drug-likeness (QED) is 0.470. The lowest BCUT2D eigenvalue weighted by molar-refractivity contribution is -0.859. The van der Waals surface area contributed by atoms with Crippen LogP contribution in [0.3, 0.4) is 0 Å². The molecule has 1 heteroatoms. The Morgan fingerprint density at radius 1 is 1.33 bits per heavy atom. The number of quaternary nitrogens is 1. The molecule has 0 aromatic heterocycles. The first-order valence-electron chi connectivity index (χ1n) is 3.66. The summed E-state index contributed by atoms with van der Waals surface area (Å²) in [7, 11) is 2.27. The van der Waals surface area contributed by atoms with Gasteiger partial charge in [0.2, 0.25) is 0 Å². The van der Waals surface area contributed by atoms with Crippen molar-refractivity contribution >= 4 is 0 Å². The highest BCUT2D eigenvalue weighted by Gasteiger charge is 2.27. The van der Waals surface area contributed by atoms with Crippen LogP contribution in [-0.4, -0.2) is 24.6 Å². The lowest BCUT2D eigenvalue weighted by Crippen LogP contribution is -2.37. The van der Waals surface area contributed by atoms with Crippen LogP contribution in [-0.2, 0) is 0 Å². The molecule has 1 fully saturated rings. The van der Waals surface area contributed by atoms with Crippen LogP contribution in [0, 0.1) is 0 Å². The van der Waals surface area contributed by atoms with Gasteiger partial charge in [-0.05, 0) is 6.58 Å². The van der Waals surface area contributed by atoms with E-state index in [1.165, 1.54) is 31.6 Å². The van der Waals surface area contributed by atoms with E-state index in [2.05, 4.69) is 20.6 Å². The maximum Gasteiger partial charge on any atom is 0.0981 e. The topological polar surface area (TPSA) is 0 Å². The summed E-state index contributed by atoms with van der Waals surface area (Å²) in [6.45, 7) is 8.71. The molecule has 0 saturated carbocycles. The largest absolute Gasteiger partial charge is 0.298 e. The highest BCUT2D eigenvalue weighted by molar-refractivity contribution is 4.77. The lowest BCUT2D eigenvalue weighted by Gasteiger charge is -2.28. The second-order valence-electron chi connectivity index (χ2n) is 3.29. The predicted octanol–water partition coefficient (Wildman–Crippen LogP) is 1.76. The number of likely N-dealkylation sites (tertiary alicyclic amines) is 1. The zero-order valence-corrected chi connectivity index (χ0v) is 6.48. The van der Waals surface area contributed by atoms with Crippen LogP contribution < -0.4 is 0 Å². The van der Waals surface area contributed by atoms with Crippen molar-refractivity contribution in [1.82, 2.24) is 0 Å². The van der Waals surface area contributed by atoms with E-state index in [-0.39, 0.29) is 0 Å². The van der Waals surface area contributed by atoms with Crippen LogP contribution in [0.1, 0.15) is 19.8 Å². The van der Waals surface area contributed by atoms with Crippen LogP contribution in [0.4, 0.5) is 0 Å². The molecule has 1 aliphatic heterocycles. The molecule has 52 valence electrons. The average molecular weight is 126 g/mol. The van der Waals surface area contributed by atoms with E-state index in [4.69, 9.17) is 0 Å². The maximum absolute atomic E-state index is 3.98. The van der Waals surface area contributed by atoms with Gasteiger partial charge in [0.25, 0.3) is 0 Å². The molecule has 0 aromatic rings. The van der Waals surface area contributed by atoms with Crippen molar-refractivity contribution in [3.05, 3.63) is 12.3 Å². The molecule has 0 unspecified atom stereocenters. The molecule has 0 bridgehead atoms. The van der Waals surface area contributed by atoms with Crippen LogP contribution in [0.15, 0.2) is 12.3 Å². The van der Waals surface area contributed by atoms with Gasteiger partial charge in [0.1, 0.15) is 0 Å². The lowest BCUT2D eigenvalue weighted by atomic mass is 10.4. The maximum atomic E-state index is 3.98. The second kappa shape index (κ2) is 2.14. The van der Waals surface area contributed by atoms with E-state index < -0.39 is 0 Å². The number of allylic oxidation sites excluding steroid dienone is 1. The third-order valence-electron chi connectivity index (χ3n) is 2.47. The van der Waals surface area contributed by atoms with Crippen molar-refractivity contribution < 1.29 is 4.48 Å². The zero-order chi connectivity index (χ0) is 6.91. The fourth-order valence-corrected chi connectivity index (χ4v) is 1.42. The van der Waals surface area contributed by atoms with Gasteiger partial charge < -0.3 is 0 Å². The summed E-state index contributed by atoms with van der Waals surface area (Å²) in [5.74, 6) is 0. The van der Waals surface area contributed by atoms with Crippen molar-refractivity contribution in [2.75, 3.05) is 20.1 Å². The minimum atomic E-state index is 1.11. The first-order valence-corrected chi connectivity index (χ1v) is 3.66. The average Bonchev–Trinajstić information content (AvgIpc) is 2.16. The smallest absolute Gasteiger partial charge is 0.0981 e. The molecular weight excluding hydrogens is 110 g/mol. The molecule has 0 radical (unpaired) electrons. The number of hydrogen-bond acceptors (Lipinski definition) is 0. The molecule has 9 heavy (non-hydrogen) atoms. The molecule has 0 aromatic carbocycles. The van der Waals surface area contributed by atoms with Crippen LogP contribution in [0.2, 0.25) is 0 Å². The molecule has 0 spiro atoms. The van der Waals surface area contributed by atoms with Crippen molar-refractivity contribution in [2.45, 2.75) is 19.8 Å². The number of rotatable bonds is 1. The summed E-state index contributed by atoms with van der Waals surface area (Å²) in [6, 6.07) is 0. The molecule has 0 amide bonds. The first-order chi connectivity index (χ1) is 4.15. The van der Waals surface area contributed by atoms with Gasteiger partial charge in [-0.25, -0.2) is 0 Å². The Morgan fingerprint density at radius 3 is 2.00 bits per heavy atom. The van der Waals surface area contributed by atoms with Gasteiger partial charge in [-0.3, -0.25) is 4.48 Å². The molecule has 1 rings (SSSR count). The van der Waals surface area contributed by atoms with Crippen molar-refractivity contribution in [2.24, 2.45) is 0 Å². The third kappa shape index (κ3) is 1.16. The van der Waals surface area contributed by atoms with E-state index in [1.807, 2.05) is 0 Å². The molecule has 0 aliphatic carbocycles. The monoisotopic (exact) mass is 126 g/mol. The summed E-state index contributed by atoms with van der Waals surface area (Å²) in [4.78, 5) is 0. The van der Waals surface area contributed by atoms with Gasteiger partial charge in [0, 0.05) is 19.8 Å². The second-order valence-corrected chi connectivity index (χ2v) is 3.29. The van der Waals surface area contributed by atoms with Gasteiger partial charge in [-0.15, -0.1) is 0 Å². The van der Waals surface area contributed by atoms with Gasteiger partial charge in [0.15, 0.2) is 0 Å². The Morgan fingerprint density at radius 2 is 1.78 bits per heavy atom. The Balaban J connectivity index is 2.61. The predicted molar refractivity (Wildman–Crippen MR) is 40.0 cm³/mol. The molecule has 1 saturated heterocycles. The molecular formula is C8H16N+. The van der Waals surface area contributed by atoms with Crippen molar-refractivity contribution in [1.29, 1.82) is 0 Å². The fraction of sp³-hybridized carbons (Fsp3) is 0.750. The standard InChI is InChI=1S/C8H16N/c1-8(2)9(3)6-4-5-7-9/h1,4-7H2,2-3H3/q+1. The molecule has 0 N–H and O–H groups in total. The Bertz CT molecular complexity index is 121. The summed E-state index contributed by atoms with van der Waals surface area (Å²) >= 11 is 0. The van der Waals surface area contributed by atoms with E-state index >= 15 is 0 Å². The highest BCUT2D eigenvalue weighted by atomic mass is 15.3. The fourth-order valence-electron chi connectivity index (χ4n) is 1.42. The van der Waals surface area contributed by atoms with Crippen LogP contribution in [0.25, 0.3) is 0 Å². The van der Waals surface area contributed by atoms with E-state index in [1.54, 1.807) is 0 Å². The van der Waals surface area contributed by atoms with Gasteiger partial charge in [-0.2, -0.15) is 0 Å². The Hall–Kier alpha value is -0.300. The third-order valence-corrected chi connectivity index (χ3v) is 2.47. The summed E-state index contributed by atoms with van der Waals surface area (Å²) in [5.41, 5.74) is 1.31. The molecule has 0 atom stereocenters. The SMILES string of the molecule is C=C(C)[N+]1(C)CCCC1. The van der Waals surface area contributed by atoms with Gasteiger partial charge in [-0.1, -0.05) is 0 Å². The normalized spacial score (nSPS) is 24.2. The molecule has 1 aliphatic rings. The van der Waals surface area contributed by atoms with E-state index in [0.717, 1.165) is 4.48 Å². The minimum absolute atomic E-state index is 1.11. The number of hydrogen-bond donors (Lipinski definition) is 0. The summed E-state index contributed by atoms with van der Waals surface area (Å²) in [6.07, 6.45) is 2.76. The van der Waals surface area contributed by atoms with E-state index in [0.29, 0.717) is 0 Å². The highest BCUT2D eigenvalue weighted by Crippen LogP contribution is 2.21. The molecule has 1 heterocycles. The van der Waals surface area contributed by atoms with Gasteiger partial charge >= 0.3 is 0 Å². The Kier molecular flexibility index (Phi) is 1.62. The first kappa shape index (κ1) is 6.81. The number of nitrogens with zero attached hydrogens (tertiary/aromatic N) is 1.